The first-order chi connectivity index (χ1) is 10.2. The van der Waals surface area contributed by atoms with Crippen molar-refractivity contribution >= 4 is 23.0 Å². The lowest BCUT2D eigenvalue weighted by Gasteiger charge is -2.18. The molecule has 5 heteroatoms. The predicted octanol–water partition coefficient (Wildman–Crippen LogP) is 3.78. The van der Waals surface area contributed by atoms with Gasteiger partial charge in [0, 0.05) is 9.75 Å². The van der Waals surface area contributed by atoms with E-state index >= 15 is 0 Å². The lowest BCUT2D eigenvalue weighted by Crippen LogP contribution is -2.22. The molecular formula is C16H19NO3S. The monoisotopic (exact) mass is 305 g/mol. The standard InChI is InChI=1S/C16H19NO3S/c1-4-20-16(18)15(14-10-9-11(2)21-14)17-12-7-5-6-8-13(12)19-3/h5-10,15,17H,4H2,1-3H3. The van der Waals surface area contributed by atoms with E-state index in [1.807, 2.05) is 43.3 Å². The Morgan fingerprint density at radius 2 is 2.05 bits per heavy atom. The van der Waals surface area contributed by atoms with Gasteiger partial charge in [-0.15, -0.1) is 11.3 Å². The van der Waals surface area contributed by atoms with Crippen LogP contribution in [0.3, 0.4) is 0 Å². The number of hydrogen-bond donors (Lipinski definition) is 1. The van der Waals surface area contributed by atoms with Gasteiger partial charge in [-0.3, -0.25) is 0 Å². The minimum absolute atomic E-state index is 0.287. The van der Waals surface area contributed by atoms with Gasteiger partial charge in [0.1, 0.15) is 5.75 Å². The largest absolute Gasteiger partial charge is 0.495 e. The number of para-hydroxylation sites is 2. The molecule has 1 N–H and O–H groups in total. The minimum Gasteiger partial charge on any atom is -0.495 e. The predicted molar refractivity (Wildman–Crippen MR) is 85.0 cm³/mol. The molecule has 0 spiro atoms. The van der Waals surface area contributed by atoms with Gasteiger partial charge in [-0.05, 0) is 38.1 Å². The summed E-state index contributed by atoms with van der Waals surface area (Å²) in [6, 6.07) is 10.9. The average molecular weight is 305 g/mol. The number of hydrogen-bond acceptors (Lipinski definition) is 5. The summed E-state index contributed by atoms with van der Waals surface area (Å²) in [5.41, 5.74) is 0.768. The molecule has 0 saturated heterocycles. The molecule has 1 aromatic heterocycles. The molecule has 2 aromatic rings. The molecule has 21 heavy (non-hydrogen) atoms. The van der Waals surface area contributed by atoms with Crippen LogP contribution in [0.2, 0.25) is 0 Å². The normalized spacial score (nSPS) is 11.8. The molecule has 112 valence electrons. The Kier molecular flexibility index (Phi) is 5.22. The summed E-state index contributed by atoms with van der Waals surface area (Å²) < 4.78 is 10.5. The van der Waals surface area contributed by atoms with Gasteiger partial charge >= 0.3 is 5.97 Å². The van der Waals surface area contributed by atoms with Crippen molar-refractivity contribution < 1.29 is 14.3 Å². The molecule has 0 radical (unpaired) electrons. The number of esters is 1. The number of thiophene rings is 1. The molecule has 1 atom stereocenters. The van der Waals surface area contributed by atoms with Crippen molar-refractivity contribution in [3.8, 4) is 5.75 Å². The summed E-state index contributed by atoms with van der Waals surface area (Å²) in [5.74, 6) is 0.408. The number of methoxy groups -OCH3 is 1. The zero-order valence-electron chi connectivity index (χ0n) is 12.4. The van der Waals surface area contributed by atoms with Crippen LogP contribution in [-0.2, 0) is 9.53 Å². The molecular weight excluding hydrogens is 286 g/mol. The highest BCUT2D eigenvalue weighted by Gasteiger charge is 2.24. The fourth-order valence-electron chi connectivity index (χ4n) is 2.00. The number of carbonyl (C=O) groups is 1. The summed E-state index contributed by atoms with van der Waals surface area (Å²) in [4.78, 5) is 14.3. The quantitative estimate of drug-likeness (QED) is 0.825. The highest BCUT2D eigenvalue weighted by molar-refractivity contribution is 7.12. The highest BCUT2D eigenvalue weighted by Crippen LogP contribution is 2.31. The number of anilines is 1. The maximum Gasteiger partial charge on any atom is 0.334 e. The summed E-state index contributed by atoms with van der Waals surface area (Å²) in [7, 11) is 1.61. The summed E-state index contributed by atoms with van der Waals surface area (Å²) in [6.45, 7) is 4.17. The minimum atomic E-state index is -0.528. The molecule has 4 nitrogen and oxygen atoms in total. The second-order valence-corrected chi connectivity index (χ2v) is 5.80. The molecule has 0 aliphatic heterocycles. The summed E-state index contributed by atoms with van der Waals surface area (Å²) >= 11 is 1.58. The Balaban J connectivity index is 2.29. The van der Waals surface area contributed by atoms with Gasteiger partial charge < -0.3 is 14.8 Å². The van der Waals surface area contributed by atoms with Gasteiger partial charge in [0.15, 0.2) is 6.04 Å². The van der Waals surface area contributed by atoms with E-state index in [1.165, 1.54) is 0 Å². The zero-order chi connectivity index (χ0) is 15.2. The second kappa shape index (κ2) is 7.13. The molecule has 1 unspecified atom stereocenters. The van der Waals surface area contributed by atoms with Crippen molar-refractivity contribution in [2.45, 2.75) is 19.9 Å². The van der Waals surface area contributed by atoms with Gasteiger partial charge in [0.25, 0.3) is 0 Å². The smallest absolute Gasteiger partial charge is 0.334 e. The fraction of sp³-hybridized carbons (Fsp3) is 0.312. The number of benzene rings is 1. The zero-order valence-corrected chi connectivity index (χ0v) is 13.2. The van der Waals surface area contributed by atoms with Gasteiger partial charge in [-0.1, -0.05) is 12.1 Å². The van der Waals surface area contributed by atoms with Crippen LogP contribution >= 0.6 is 11.3 Å². The molecule has 1 aromatic carbocycles. The second-order valence-electron chi connectivity index (χ2n) is 4.48. The van der Waals surface area contributed by atoms with Crippen LogP contribution in [-0.4, -0.2) is 19.7 Å². The van der Waals surface area contributed by atoms with Crippen molar-refractivity contribution in [1.82, 2.24) is 0 Å². The van der Waals surface area contributed by atoms with Crippen molar-refractivity contribution in [2.24, 2.45) is 0 Å². The SMILES string of the molecule is CCOC(=O)C(Nc1ccccc1OC)c1ccc(C)s1. The summed E-state index contributed by atoms with van der Waals surface area (Å²) in [5, 5.41) is 3.22. The van der Waals surface area contributed by atoms with E-state index in [2.05, 4.69) is 5.32 Å². The van der Waals surface area contributed by atoms with Crippen molar-refractivity contribution in [2.75, 3.05) is 19.0 Å². The molecule has 0 aliphatic rings. The van der Waals surface area contributed by atoms with Crippen LogP contribution < -0.4 is 10.1 Å². The third-order valence-corrected chi connectivity index (χ3v) is 4.04. The lowest BCUT2D eigenvalue weighted by atomic mass is 10.2. The van der Waals surface area contributed by atoms with Crippen molar-refractivity contribution in [1.29, 1.82) is 0 Å². The van der Waals surface area contributed by atoms with Crippen LogP contribution in [0.4, 0.5) is 5.69 Å². The topological polar surface area (TPSA) is 47.6 Å². The third kappa shape index (κ3) is 3.76. The van der Waals surface area contributed by atoms with E-state index in [0.717, 1.165) is 15.4 Å². The van der Waals surface area contributed by atoms with Crippen molar-refractivity contribution in [3.63, 3.8) is 0 Å². The van der Waals surface area contributed by atoms with E-state index in [0.29, 0.717) is 12.4 Å². The highest BCUT2D eigenvalue weighted by atomic mass is 32.1. The number of rotatable bonds is 6. The van der Waals surface area contributed by atoms with Gasteiger partial charge in [-0.2, -0.15) is 0 Å². The molecule has 0 fully saturated rings. The van der Waals surface area contributed by atoms with E-state index in [4.69, 9.17) is 9.47 Å². The number of aryl methyl sites for hydroxylation is 1. The first-order valence-electron chi connectivity index (χ1n) is 6.78. The van der Waals surface area contributed by atoms with Crippen LogP contribution in [0.1, 0.15) is 22.7 Å². The maximum absolute atomic E-state index is 12.2. The van der Waals surface area contributed by atoms with Gasteiger partial charge in [0.05, 0.1) is 19.4 Å². The van der Waals surface area contributed by atoms with Gasteiger partial charge in [0.2, 0.25) is 0 Å². The Hall–Kier alpha value is -2.01. The number of carbonyl (C=O) groups excluding carboxylic acids is 1. The number of ether oxygens (including phenoxy) is 2. The lowest BCUT2D eigenvalue weighted by molar-refractivity contribution is -0.144. The third-order valence-electron chi connectivity index (χ3n) is 2.97. The van der Waals surface area contributed by atoms with Crippen LogP contribution in [0.15, 0.2) is 36.4 Å². The Morgan fingerprint density at radius 3 is 2.67 bits per heavy atom. The molecule has 0 amide bonds. The van der Waals surface area contributed by atoms with Crippen molar-refractivity contribution in [3.05, 3.63) is 46.2 Å². The fourth-order valence-corrected chi connectivity index (χ4v) is 2.92. The van der Waals surface area contributed by atoms with E-state index in [-0.39, 0.29) is 5.97 Å². The Bertz CT molecular complexity index is 609. The van der Waals surface area contributed by atoms with Crippen LogP contribution in [0.5, 0.6) is 5.75 Å². The van der Waals surface area contributed by atoms with Crippen LogP contribution in [0, 0.1) is 6.92 Å². The molecule has 1 heterocycles. The van der Waals surface area contributed by atoms with Gasteiger partial charge in [-0.25, -0.2) is 4.79 Å². The first kappa shape index (κ1) is 15.4. The molecule has 0 aliphatic carbocycles. The molecule has 0 saturated carbocycles. The van der Waals surface area contributed by atoms with E-state index in [1.54, 1.807) is 25.4 Å². The Labute approximate surface area is 128 Å². The maximum atomic E-state index is 12.2. The Morgan fingerprint density at radius 1 is 1.29 bits per heavy atom. The molecule has 2 rings (SSSR count). The van der Waals surface area contributed by atoms with E-state index < -0.39 is 6.04 Å². The van der Waals surface area contributed by atoms with Crippen LogP contribution in [0.25, 0.3) is 0 Å². The first-order valence-corrected chi connectivity index (χ1v) is 7.60. The number of nitrogens with one attached hydrogen (secondary N) is 1. The summed E-state index contributed by atoms with van der Waals surface area (Å²) in [6.07, 6.45) is 0. The van der Waals surface area contributed by atoms with E-state index in [9.17, 15) is 4.79 Å². The average Bonchev–Trinajstić information content (AvgIpc) is 2.91. The molecule has 0 bridgehead atoms.